The molecule has 4 heterocycles. The first kappa shape index (κ1) is 49.9. The molecule has 22 nitrogen and oxygen atoms in total. The van der Waals surface area contributed by atoms with Gasteiger partial charge in [0.1, 0.15) is 22.8 Å². The number of benzene rings is 2. The number of halogens is 1. The third-order valence-electron chi connectivity index (χ3n) is 8.47. The number of nitro groups is 2. The van der Waals surface area contributed by atoms with Crippen molar-refractivity contribution in [2.75, 3.05) is 21.7 Å². The van der Waals surface area contributed by atoms with Crippen LogP contribution >= 0.6 is 11.6 Å². The van der Waals surface area contributed by atoms with Gasteiger partial charge >= 0.3 is 12.2 Å². The van der Waals surface area contributed by atoms with E-state index in [4.69, 9.17) is 26.8 Å². The fourth-order valence-corrected chi connectivity index (χ4v) is 5.32. The molecule has 0 spiro atoms. The second-order valence-electron chi connectivity index (χ2n) is 16.5. The van der Waals surface area contributed by atoms with Gasteiger partial charge in [0.15, 0.2) is 11.6 Å². The van der Waals surface area contributed by atoms with Crippen LogP contribution in [0.4, 0.5) is 61.6 Å². The van der Waals surface area contributed by atoms with Crippen molar-refractivity contribution in [1.82, 2.24) is 39.5 Å². The van der Waals surface area contributed by atoms with E-state index in [-0.39, 0.29) is 22.6 Å². The highest BCUT2D eigenvalue weighted by atomic mass is 35.5. The van der Waals surface area contributed by atoms with Gasteiger partial charge in [-0.1, -0.05) is 12.1 Å². The van der Waals surface area contributed by atoms with Gasteiger partial charge in [-0.2, -0.15) is 14.3 Å². The molecule has 0 fully saturated rings. The molecule has 0 radical (unpaired) electrons. The summed E-state index contributed by atoms with van der Waals surface area (Å²) in [6.45, 7) is 21.6. The van der Waals surface area contributed by atoms with E-state index in [1.54, 1.807) is 99.0 Å². The maximum atomic E-state index is 12.3. The Labute approximate surface area is 379 Å². The summed E-state index contributed by atoms with van der Waals surface area (Å²) in [5, 5.41) is 39.0. The number of nitrogens with two attached hydrogens (primary N) is 1. The Kier molecular flexibility index (Phi) is 15.8. The van der Waals surface area contributed by atoms with E-state index in [1.165, 1.54) is 33.6 Å². The largest absolute Gasteiger partial charge is 0.442 e. The average molecular weight is 915 g/mol. The molecule has 23 heteroatoms. The number of carbonyl (C=O) groups is 2. The number of aryl methyl sites for hydroxylation is 6. The molecule has 6 rings (SSSR count). The third kappa shape index (κ3) is 14.7. The molecule has 5 N–H and O–H groups in total. The van der Waals surface area contributed by atoms with Crippen LogP contribution in [0.25, 0.3) is 0 Å². The van der Waals surface area contributed by atoms with Crippen molar-refractivity contribution in [1.29, 1.82) is 0 Å². The van der Waals surface area contributed by atoms with Crippen molar-refractivity contribution in [3.05, 3.63) is 120 Å². The number of nitro benzene ring substituents is 2. The normalized spacial score (nSPS) is 11.0. The topological polar surface area (TPSA) is 288 Å². The van der Waals surface area contributed by atoms with E-state index in [0.29, 0.717) is 46.0 Å². The number of hydrogen-bond donors (Lipinski definition) is 4. The van der Waals surface area contributed by atoms with Crippen LogP contribution in [0.3, 0.4) is 0 Å². The molecule has 0 aliphatic heterocycles. The summed E-state index contributed by atoms with van der Waals surface area (Å²) >= 11 is 5.78. The smallest absolute Gasteiger partial charge is 0.435 e. The van der Waals surface area contributed by atoms with Crippen LogP contribution in [-0.4, -0.2) is 72.7 Å². The van der Waals surface area contributed by atoms with Gasteiger partial charge < -0.3 is 31.2 Å². The lowest BCUT2D eigenvalue weighted by Crippen LogP contribution is -2.28. The Bertz CT molecular complexity index is 2720. The van der Waals surface area contributed by atoms with Crippen LogP contribution in [0, 0.1) is 61.8 Å². The number of non-ortho nitro benzene ring substituents is 2. The van der Waals surface area contributed by atoms with Gasteiger partial charge in [-0.3, -0.25) is 20.2 Å². The highest BCUT2D eigenvalue weighted by molar-refractivity contribution is 6.28. The average Bonchev–Trinajstić information content (AvgIpc) is 3.76. The molecule has 344 valence electrons. The Morgan fingerprint density at radius 1 is 0.646 bits per heavy atom. The maximum Gasteiger partial charge on any atom is 0.435 e. The minimum absolute atomic E-state index is 0.0353. The lowest BCUT2D eigenvalue weighted by molar-refractivity contribution is -0.385. The number of aromatic nitrogens is 8. The van der Waals surface area contributed by atoms with E-state index >= 15 is 0 Å². The van der Waals surface area contributed by atoms with Gasteiger partial charge in [-0.25, -0.2) is 24.5 Å². The lowest BCUT2D eigenvalue weighted by atomic mass is 10.2. The van der Waals surface area contributed by atoms with Crippen LogP contribution in [-0.2, 0) is 9.47 Å². The van der Waals surface area contributed by atoms with E-state index in [0.717, 1.165) is 22.3 Å². The van der Waals surface area contributed by atoms with Crippen molar-refractivity contribution in [3.8, 4) is 0 Å². The first-order valence-electron chi connectivity index (χ1n) is 19.7. The summed E-state index contributed by atoms with van der Waals surface area (Å²) in [6, 6.07) is 12.4. The zero-order valence-corrected chi connectivity index (χ0v) is 38.7. The summed E-state index contributed by atoms with van der Waals surface area (Å²) in [5.74, 6) is 2.15. The van der Waals surface area contributed by atoms with Crippen molar-refractivity contribution in [2.45, 2.75) is 94.3 Å². The fourth-order valence-electron chi connectivity index (χ4n) is 5.19. The van der Waals surface area contributed by atoms with Gasteiger partial charge in [0.05, 0.1) is 15.5 Å². The summed E-state index contributed by atoms with van der Waals surface area (Å²) in [4.78, 5) is 61.5. The Hall–Kier alpha value is -7.75. The van der Waals surface area contributed by atoms with Crippen molar-refractivity contribution in [3.63, 3.8) is 0 Å². The Morgan fingerprint density at radius 3 is 1.55 bits per heavy atom. The molecule has 0 aliphatic carbocycles. The molecule has 65 heavy (non-hydrogen) atoms. The predicted molar refractivity (Wildman–Crippen MR) is 246 cm³/mol. The lowest BCUT2D eigenvalue weighted by Gasteiger charge is -2.19. The maximum absolute atomic E-state index is 12.3. The van der Waals surface area contributed by atoms with Gasteiger partial charge in [-0.05, 0) is 106 Å². The van der Waals surface area contributed by atoms with Crippen LogP contribution < -0.4 is 21.7 Å². The van der Waals surface area contributed by atoms with Crippen LogP contribution in [0.5, 0.6) is 0 Å². The van der Waals surface area contributed by atoms with Crippen LogP contribution in [0.2, 0.25) is 5.28 Å². The minimum atomic E-state index is -0.641. The zero-order chi connectivity index (χ0) is 48.6. The first-order valence-corrected chi connectivity index (χ1v) is 20.1. The van der Waals surface area contributed by atoms with Gasteiger partial charge in [-0.15, -0.1) is 10.2 Å². The molecule has 0 saturated carbocycles. The molecule has 0 unspecified atom stereocenters. The van der Waals surface area contributed by atoms with E-state index in [9.17, 15) is 29.8 Å². The predicted octanol–water partition coefficient (Wildman–Crippen LogP) is 9.73. The van der Waals surface area contributed by atoms with Crippen molar-refractivity contribution in [2.24, 2.45) is 0 Å². The van der Waals surface area contributed by atoms with Crippen LogP contribution in [0.1, 0.15) is 75.2 Å². The second kappa shape index (κ2) is 20.6. The molecule has 2 aromatic carbocycles. The number of nitrogen functional groups attached to an aromatic ring is 1. The molecule has 0 bridgehead atoms. The number of rotatable bonds is 8. The van der Waals surface area contributed by atoms with E-state index in [2.05, 4.69) is 46.1 Å². The number of hydrogen-bond acceptors (Lipinski definition) is 18. The quantitative estimate of drug-likeness (QED) is 0.0478. The SMILES string of the molecule is Cc1ccc([N+](=O)[O-])cc1N.Cc1ccc([N+](=O)[O-])cc1Nc1ncc(C)c(Nc2cc(C)n(C(=O)OC(C)(C)C)n2)n1.Cc1cnc(Cl)nc1Nc1cc(C)n(C(=O)OC(C)(C)C)n1. The number of nitrogens with one attached hydrogen (secondary N) is 3. The molecule has 6 aromatic rings. The first-order chi connectivity index (χ1) is 30.2. The summed E-state index contributed by atoms with van der Waals surface area (Å²) in [5.41, 5.74) is 9.68. The van der Waals surface area contributed by atoms with Gasteiger partial charge in [0.2, 0.25) is 11.2 Å². The van der Waals surface area contributed by atoms with E-state index in [1.807, 2.05) is 20.8 Å². The molecule has 0 atom stereocenters. The Morgan fingerprint density at radius 2 is 1.09 bits per heavy atom. The molecular formula is C42H51ClN14O8. The molecule has 0 saturated heterocycles. The Balaban J connectivity index is 0.000000241. The standard InChI is InChI=1S/C21H25N7O4.C14H18ClN5O2.C7H8N2O2/c1-12-7-8-15(28(30)31)10-16(12)23-19-22-11-13(2)18(25-19)24-17-9-14(3)27(26-17)20(29)32-21(4,5)6;1-8-7-16-12(15)18-11(8)17-10-6-9(2)20(19-10)13(21)22-14(3,4)5;1-5-2-3-6(9(10)11)4-7(5)8/h7-11H,1-6H3,(H2,22,23,24,25,26);6-7H,1-5H3,(H,16,17,18,19);2-4H,8H2,1H3. The van der Waals surface area contributed by atoms with Gasteiger partial charge in [0.25, 0.3) is 11.4 Å². The monoisotopic (exact) mass is 914 g/mol. The number of anilines is 7. The van der Waals surface area contributed by atoms with Crippen molar-refractivity contribution < 1.29 is 28.9 Å². The molecule has 0 aliphatic rings. The van der Waals surface area contributed by atoms with Gasteiger partial charge in [0, 0.05) is 77.0 Å². The van der Waals surface area contributed by atoms with Crippen LogP contribution in [0.15, 0.2) is 60.9 Å². The zero-order valence-electron chi connectivity index (χ0n) is 38.0. The number of carbonyl (C=O) groups excluding carboxylic acids is 2. The summed E-state index contributed by atoms with van der Waals surface area (Å²) < 4.78 is 13.0. The highest BCUT2D eigenvalue weighted by Gasteiger charge is 2.22. The van der Waals surface area contributed by atoms with Crippen molar-refractivity contribution >= 4 is 75.8 Å². The van der Waals surface area contributed by atoms with E-state index < -0.39 is 33.2 Å². The summed E-state index contributed by atoms with van der Waals surface area (Å²) in [6.07, 6.45) is 2.11. The fraction of sp³-hybridized carbons (Fsp3) is 0.333. The molecular weight excluding hydrogens is 864 g/mol. The molecule has 0 amide bonds. The second-order valence-corrected chi connectivity index (χ2v) is 16.8. The summed E-state index contributed by atoms with van der Waals surface area (Å²) in [7, 11) is 0. The highest BCUT2D eigenvalue weighted by Crippen LogP contribution is 2.27. The minimum Gasteiger partial charge on any atom is -0.442 e. The number of nitrogens with zero attached hydrogens (tertiary/aromatic N) is 10. The third-order valence-corrected chi connectivity index (χ3v) is 8.65. The molecule has 4 aromatic heterocycles. The number of ether oxygens (including phenoxy) is 2.